The van der Waals surface area contributed by atoms with Crippen molar-refractivity contribution in [3.8, 4) is 5.75 Å². The minimum Gasteiger partial charge on any atom is -0.493 e. The van der Waals surface area contributed by atoms with Gasteiger partial charge in [0.25, 0.3) is 0 Å². The highest BCUT2D eigenvalue weighted by Gasteiger charge is 2.16. The van der Waals surface area contributed by atoms with E-state index in [1.807, 2.05) is 0 Å². The lowest BCUT2D eigenvalue weighted by Crippen LogP contribution is -2.44. The highest BCUT2D eigenvalue weighted by Crippen LogP contribution is 2.25. The lowest BCUT2D eigenvalue weighted by Gasteiger charge is -2.28. The van der Waals surface area contributed by atoms with Gasteiger partial charge in [-0.2, -0.15) is 0 Å². The number of likely N-dealkylation sites (N-methyl/N-ethyl adjacent to an activating group) is 1. The van der Waals surface area contributed by atoms with E-state index in [-0.39, 0.29) is 0 Å². The van der Waals surface area contributed by atoms with Crippen LogP contribution in [0.15, 0.2) is 18.2 Å². The average molecular weight is 276 g/mol. The van der Waals surface area contributed by atoms with Crippen LogP contribution in [-0.4, -0.2) is 57.4 Å². The van der Waals surface area contributed by atoms with Crippen molar-refractivity contribution in [3.63, 3.8) is 0 Å². The summed E-state index contributed by atoms with van der Waals surface area (Å²) in [6.45, 7) is 5.70. The summed E-state index contributed by atoms with van der Waals surface area (Å²) in [5, 5.41) is 3.38. The number of rotatable bonds is 5. The fraction of sp³-hybridized carbons (Fsp3) is 0.625. The quantitative estimate of drug-likeness (QED) is 0.873. The molecule has 1 atom stereocenters. The van der Waals surface area contributed by atoms with E-state index in [1.54, 1.807) is 0 Å². The minimum atomic E-state index is 0.335. The third-order valence-corrected chi connectivity index (χ3v) is 4.06. The van der Waals surface area contributed by atoms with E-state index in [0.29, 0.717) is 6.10 Å². The molecule has 4 heteroatoms. The third-order valence-electron chi connectivity index (χ3n) is 4.06. The van der Waals surface area contributed by atoms with Crippen molar-refractivity contribution in [1.29, 1.82) is 0 Å². The van der Waals surface area contributed by atoms with Crippen molar-refractivity contribution >= 4 is 0 Å². The molecule has 1 saturated heterocycles. The van der Waals surface area contributed by atoms with Crippen LogP contribution in [0, 0.1) is 0 Å². The second-order valence-corrected chi connectivity index (χ2v) is 5.75. The van der Waals surface area contributed by atoms with Crippen LogP contribution in [0.2, 0.25) is 0 Å². The maximum Gasteiger partial charge on any atom is 0.122 e. The number of hydrogen-bond donors (Lipinski definition) is 1. The van der Waals surface area contributed by atoms with E-state index >= 15 is 0 Å². The Morgan fingerprint density at radius 2 is 2.30 bits per heavy atom. The molecule has 1 unspecified atom stereocenters. The molecule has 0 amide bonds. The Morgan fingerprint density at radius 1 is 1.35 bits per heavy atom. The average Bonchev–Trinajstić information content (AvgIpc) is 2.93. The Balaban J connectivity index is 1.46. The molecule has 1 N–H and O–H groups in total. The van der Waals surface area contributed by atoms with Crippen LogP contribution in [0.3, 0.4) is 0 Å². The second kappa shape index (κ2) is 6.57. The van der Waals surface area contributed by atoms with Crippen LogP contribution in [0.4, 0.5) is 0 Å². The first-order valence-electron chi connectivity index (χ1n) is 7.57. The van der Waals surface area contributed by atoms with E-state index in [1.165, 1.54) is 11.1 Å². The summed E-state index contributed by atoms with van der Waals surface area (Å²) < 4.78 is 11.3. The molecule has 1 aromatic rings. The van der Waals surface area contributed by atoms with Crippen LogP contribution >= 0.6 is 0 Å². The fourth-order valence-electron chi connectivity index (χ4n) is 2.89. The van der Waals surface area contributed by atoms with Crippen LogP contribution in [0.5, 0.6) is 5.75 Å². The topological polar surface area (TPSA) is 33.7 Å². The van der Waals surface area contributed by atoms with Gasteiger partial charge >= 0.3 is 0 Å². The molecule has 110 valence electrons. The number of benzene rings is 1. The number of nitrogens with one attached hydrogen (secondary N) is 1. The first-order chi connectivity index (χ1) is 9.81. The summed E-state index contributed by atoms with van der Waals surface area (Å²) in [5.74, 6) is 1.07. The van der Waals surface area contributed by atoms with Crippen LogP contribution in [0.1, 0.15) is 11.1 Å². The number of fused-ring (bicyclic) bond motifs is 1. The zero-order chi connectivity index (χ0) is 13.8. The van der Waals surface area contributed by atoms with Gasteiger partial charge in [-0.3, -0.25) is 0 Å². The Labute approximate surface area is 121 Å². The molecule has 3 rings (SSSR count). The van der Waals surface area contributed by atoms with Gasteiger partial charge in [-0.15, -0.1) is 0 Å². The molecule has 2 heterocycles. The molecule has 1 fully saturated rings. The highest BCUT2D eigenvalue weighted by molar-refractivity contribution is 5.39. The number of morpholine rings is 1. The van der Waals surface area contributed by atoms with Crippen molar-refractivity contribution in [2.75, 3.05) is 46.4 Å². The summed E-state index contributed by atoms with van der Waals surface area (Å²) in [7, 11) is 2.18. The first-order valence-corrected chi connectivity index (χ1v) is 7.57. The Morgan fingerprint density at radius 3 is 3.15 bits per heavy atom. The molecule has 0 spiro atoms. The molecular formula is C16H24N2O2. The molecule has 0 saturated carbocycles. The number of nitrogens with zero attached hydrogens (tertiary/aromatic N) is 1. The highest BCUT2D eigenvalue weighted by atomic mass is 16.5. The largest absolute Gasteiger partial charge is 0.493 e. The van der Waals surface area contributed by atoms with Crippen LogP contribution < -0.4 is 10.1 Å². The third kappa shape index (κ3) is 3.51. The number of ether oxygens (including phenoxy) is 2. The zero-order valence-electron chi connectivity index (χ0n) is 12.2. The lowest BCUT2D eigenvalue weighted by atomic mass is 10.1. The van der Waals surface area contributed by atoms with E-state index < -0.39 is 0 Å². The molecule has 0 radical (unpaired) electrons. The minimum absolute atomic E-state index is 0.335. The standard InChI is InChI=1S/C16H24N2O2/c1-18(12-15-11-17-6-9-19-15)7-4-13-2-3-16-14(10-13)5-8-20-16/h2-3,10,15,17H,4-9,11-12H2,1H3. The van der Waals surface area contributed by atoms with Crippen molar-refractivity contribution in [3.05, 3.63) is 29.3 Å². The predicted octanol–water partition coefficient (Wildman–Crippen LogP) is 1.08. The fourth-order valence-corrected chi connectivity index (χ4v) is 2.89. The van der Waals surface area contributed by atoms with Gasteiger partial charge in [-0.1, -0.05) is 12.1 Å². The molecular weight excluding hydrogens is 252 g/mol. The summed E-state index contributed by atoms with van der Waals surface area (Å²) in [5.41, 5.74) is 2.77. The van der Waals surface area contributed by atoms with Gasteiger partial charge in [0.15, 0.2) is 0 Å². The van der Waals surface area contributed by atoms with E-state index in [2.05, 4.69) is 35.5 Å². The summed E-state index contributed by atoms with van der Waals surface area (Å²) in [6.07, 6.45) is 2.48. The molecule has 0 bridgehead atoms. The molecule has 2 aliphatic heterocycles. The Kier molecular flexibility index (Phi) is 4.55. The van der Waals surface area contributed by atoms with Gasteiger partial charge < -0.3 is 19.7 Å². The van der Waals surface area contributed by atoms with Gasteiger partial charge in [0.2, 0.25) is 0 Å². The molecule has 20 heavy (non-hydrogen) atoms. The summed E-state index contributed by atoms with van der Waals surface area (Å²) >= 11 is 0. The maximum atomic E-state index is 5.74. The van der Waals surface area contributed by atoms with Crippen LogP contribution in [-0.2, 0) is 17.6 Å². The Bertz CT molecular complexity index is 444. The maximum absolute atomic E-state index is 5.74. The number of hydrogen-bond acceptors (Lipinski definition) is 4. The smallest absolute Gasteiger partial charge is 0.122 e. The van der Waals surface area contributed by atoms with E-state index in [0.717, 1.165) is 58.0 Å². The SMILES string of the molecule is CN(CCc1ccc2c(c1)CCO2)CC1CNCCO1. The van der Waals surface area contributed by atoms with Gasteiger partial charge in [-0.25, -0.2) is 0 Å². The second-order valence-electron chi connectivity index (χ2n) is 5.75. The normalized spacial score (nSPS) is 21.8. The lowest BCUT2D eigenvalue weighted by molar-refractivity contribution is 0.0103. The van der Waals surface area contributed by atoms with Crippen molar-refractivity contribution in [2.24, 2.45) is 0 Å². The van der Waals surface area contributed by atoms with E-state index in [4.69, 9.17) is 9.47 Å². The van der Waals surface area contributed by atoms with Gasteiger partial charge in [0, 0.05) is 32.6 Å². The van der Waals surface area contributed by atoms with Crippen molar-refractivity contribution < 1.29 is 9.47 Å². The first kappa shape index (κ1) is 13.9. The van der Waals surface area contributed by atoms with E-state index in [9.17, 15) is 0 Å². The monoisotopic (exact) mass is 276 g/mol. The molecule has 2 aliphatic rings. The summed E-state index contributed by atoms with van der Waals surface area (Å²) in [6, 6.07) is 6.61. The van der Waals surface area contributed by atoms with Gasteiger partial charge in [0.05, 0.1) is 19.3 Å². The van der Waals surface area contributed by atoms with Gasteiger partial charge in [0.1, 0.15) is 5.75 Å². The zero-order valence-corrected chi connectivity index (χ0v) is 12.2. The van der Waals surface area contributed by atoms with Gasteiger partial charge in [-0.05, 0) is 30.7 Å². The predicted molar refractivity (Wildman–Crippen MR) is 79.5 cm³/mol. The molecule has 4 nitrogen and oxygen atoms in total. The summed E-state index contributed by atoms with van der Waals surface area (Å²) in [4.78, 5) is 2.36. The molecule has 0 aromatic heterocycles. The van der Waals surface area contributed by atoms with Crippen LogP contribution in [0.25, 0.3) is 0 Å². The molecule has 0 aliphatic carbocycles. The molecule has 1 aromatic carbocycles. The Hall–Kier alpha value is -1.10. The van der Waals surface area contributed by atoms with Crippen molar-refractivity contribution in [2.45, 2.75) is 18.9 Å². The van der Waals surface area contributed by atoms with Crippen molar-refractivity contribution in [1.82, 2.24) is 10.2 Å².